The summed E-state index contributed by atoms with van der Waals surface area (Å²) in [5.41, 5.74) is 4.62. The first-order valence-electron chi connectivity index (χ1n) is 10.2. The van der Waals surface area contributed by atoms with Crippen molar-refractivity contribution in [1.82, 2.24) is 20.3 Å². The lowest BCUT2D eigenvalue weighted by Gasteiger charge is -2.11. The molecule has 0 aliphatic heterocycles. The molecule has 0 spiro atoms. The number of hydrogen-bond donors (Lipinski definition) is 3. The highest BCUT2D eigenvalue weighted by Gasteiger charge is 2.14. The van der Waals surface area contributed by atoms with Gasteiger partial charge in [0.25, 0.3) is 5.91 Å². The molecule has 6 heteroatoms. The number of H-pyrrole nitrogens is 1. The third-order valence-electron chi connectivity index (χ3n) is 5.28. The molecule has 0 atom stereocenters. The number of nitrogens with one attached hydrogen (secondary N) is 2. The Morgan fingerprint density at radius 2 is 1.78 bits per heavy atom. The zero-order valence-corrected chi connectivity index (χ0v) is 17.1. The van der Waals surface area contributed by atoms with E-state index in [1.54, 1.807) is 36.7 Å². The van der Waals surface area contributed by atoms with E-state index in [9.17, 15) is 9.90 Å². The van der Waals surface area contributed by atoms with Crippen LogP contribution in [-0.4, -0.2) is 26.0 Å². The maximum absolute atomic E-state index is 13.1. The Morgan fingerprint density at radius 1 is 0.938 bits per heavy atom. The Morgan fingerprint density at radius 3 is 2.56 bits per heavy atom. The molecule has 0 radical (unpaired) electrons. The van der Waals surface area contributed by atoms with E-state index >= 15 is 0 Å². The molecule has 0 saturated heterocycles. The normalized spacial score (nSPS) is 10.9. The highest BCUT2D eigenvalue weighted by atomic mass is 16.3. The second-order valence-corrected chi connectivity index (χ2v) is 7.44. The zero-order chi connectivity index (χ0) is 21.9. The molecule has 0 saturated carbocycles. The summed E-state index contributed by atoms with van der Waals surface area (Å²) in [6.07, 6.45) is 3.50. The number of aromatic nitrogens is 3. The van der Waals surface area contributed by atoms with Crippen molar-refractivity contribution in [3.63, 3.8) is 0 Å². The van der Waals surface area contributed by atoms with Gasteiger partial charge in [0.1, 0.15) is 11.6 Å². The maximum Gasteiger partial charge on any atom is 0.252 e. The molecule has 2 aromatic heterocycles. The fourth-order valence-corrected chi connectivity index (χ4v) is 3.66. The molecule has 1 amide bonds. The molecule has 3 N–H and O–H groups in total. The molecule has 0 aliphatic carbocycles. The first-order valence-corrected chi connectivity index (χ1v) is 10.2. The Kier molecular flexibility index (Phi) is 5.09. The number of nitrogens with zero attached hydrogens (tertiary/aromatic N) is 2. The Balaban J connectivity index is 1.41. The highest BCUT2D eigenvalue weighted by molar-refractivity contribution is 6.07. The zero-order valence-electron chi connectivity index (χ0n) is 17.1. The number of hydrogen-bond acceptors (Lipinski definition) is 4. The van der Waals surface area contributed by atoms with Crippen LogP contribution in [0.25, 0.3) is 33.5 Å². The number of fused-ring (bicyclic) bond motifs is 1. The topological polar surface area (TPSA) is 90.9 Å². The van der Waals surface area contributed by atoms with Crippen LogP contribution in [0, 0.1) is 0 Å². The molecule has 0 unspecified atom stereocenters. The van der Waals surface area contributed by atoms with Crippen LogP contribution in [0.1, 0.15) is 15.9 Å². The number of pyridine rings is 1. The molecule has 0 aliphatic rings. The van der Waals surface area contributed by atoms with E-state index in [0.29, 0.717) is 17.8 Å². The van der Waals surface area contributed by atoms with Gasteiger partial charge in [0, 0.05) is 35.5 Å². The van der Waals surface area contributed by atoms with Crippen molar-refractivity contribution in [2.45, 2.75) is 6.54 Å². The standard InChI is InChI=1S/C26H20N4O2/c31-20-5-3-4-19(14-20)24-15-22(21-6-1-2-7-23(21)30-24)26(32)29-16-17-8-10-18(11-9-17)25-27-12-13-28-25/h1-15,31H,16H2,(H,27,28)(H,29,32). The van der Waals surface area contributed by atoms with E-state index in [0.717, 1.165) is 33.4 Å². The summed E-state index contributed by atoms with van der Waals surface area (Å²) >= 11 is 0. The van der Waals surface area contributed by atoms with Crippen LogP contribution >= 0.6 is 0 Å². The van der Waals surface area contributed by atoms with Gasteiger partial charge in [-0.25, -0.2) is 9.97 Å². The van der Waals surface area contributed by atoms with Gasteiger partial charge in [-0.15, -0.1) is 0 Å². The number of phenols is 1. The number of imidazole rings is 1. The first kappa shape index (κ1) is 19.5. The van der Waals surface area contributed by atoms with Crippen molar-refractivity contribution in [3.05, 3.63) is 102 Å². The fourth-order valence-electron chi connectivity index (χ4n) is 3.66. The number of para-hydroxylation sites is 1. The van der Waals surface area contributed by atoms with Crippen LogP contribution in [0.4, 0.5) is 0 Å². The minimum atomic E-state index is -0.180. The number of rotatable bonds is 5. The summed E-state index contributed by atoms with van der Waals surface area (Å²) in [5.74, 6) is 0.782. The monoisotopic (exact) mass is 420 g/mol. The first-order chi connectivity index (χ1) is 15.7. The van der Waals surface area contributed by atoms with Gasteiger partial charge in [0.15, 0.2) is 0 Å². The Hall–Kier alpha value is -4.45. The van der Waals surface area contributed by atoms with Crippen LogP contribution in [-0.2, 0) is 6.54 Å². The van der Waals surface area contributed by atoms with Crippen LogP contribution in [0.5, 0.6) is 5.75 Å². The predicted octanol–water partition coefficient (Wildman–Crippen LogP) is 4.93. The second kappa shape index (κ2) is 8.35. The third kappa shape index (κ3) is 3.94. The second-order valence-electron chi connectivity index (χ2n) is 7.44. The van der Waals surface area contributed by atoms with E-state index in [4.69, 9.17) is 0 Å². The highest BCUT2D eigenvalue weighted by Crippen LogP contribution is 2.27. The number of carbonyl (C=O) groups excluding carboxylic acids is 1. The number of aromatic hydroxyl groups is 1. The summed E-state index contributed by atoms with van der Waals surface area (Å²) in [5, 5.41) is 13.6. The van der Waals surface area contributed by atoms with Crippen molar-refractivity contribution in [2.24, 2.45) is 0 Å². The summed E-state index contributed by atoms with van der Waals surface area (Å²) in [4.78, 5) is 25.1. The molecular weight excluding hydrogens is 400 g/mol. The number of benzene rings is 3. The van der Waals surface area contributed by atoms with Gasteiger partial charge >= 0.3 is 0 Å². The average Bonchev–Trinajstić information content (AvgIpc) is 3.37. The van der Waals surface area contributed by atoms with Gasteiger partial charge in [-0.1, -0.05) is 54.6 Å². The number of aromatic amines is 1. The lowest BCUT2D eigenvalue weighted by Crippen LogP contribution is -2.23. The molecule has 6 nitrogen and oxygen atoms in total. The summed E-state index contributed by atoms with van der Waals surface area (Å²) < 4.78 is 0. The smallest absolute Gasteiger partial charge is 0.252 e. The van der Waals surface area contributed by atoms with Crippen LogP contribution in [0.3, 0.4) is 0 Å². The van der Waals surface area contributed by atoms with Gasteiger partial charge in [-0.3, -0.25) is 4.79 Å². The molecule has 2 heterocycles. The summed E-state index contributed by atoms with van der Waals surface area (Å²) in [6.45, 7) is 0.398. The largest absolute Gasteiger partial charge is 0.508 e. The molecule has 32 heavy (non-hydrogen) atoms. The molecule has 0 fully saturated rings. The molecule has 0 bridgehead atoms. The average molecular weight is 420 g/mol. The van der Waals surface area contributed by atoms with E-state index in [2.05, 4.69) is 20.3 Å². The molecule has 3 aromatic carbocycles. The van der Waals surface area contributed by atoms with Crippen molar-refractivity contribution in [1.29, 1.82) is 0 Å². The van der Waals surface area contributed by atoms with Crippen molar-refractivity contribution in [3.8, 4) is 28.4 Å². The fraction of sp³-hybridized carbons (Fsp3) is 0.0385. The number of phenolic OH excluding ortho intramolecular Hbond substituents is 1. The van der Waals surface area contributed by atoms with Gasteiger partial charge in [0.2, 0.25) is 0 Å². The van der Waals surface area contributed by atoms with Crippen LogP contribution in [0.2, 0.25) is 0 Å². The van der Waals surface area contributed by atoms with E-state index in [1.165, 1.54) is 0 Å². The van der Waals surface area contributed by atoms with Crippen molar-refractivity contribution >= 4 is 16.8 Å². The molecule has 5 aromatic rings. The van der Waals surface area contributed by atoms with Crippen LogP contribution < -0.4 is 5.32 Å². The predicted molar refractivity (Wildman–Crippen MR) is 124 cm³/mol. The van der Waals surface area contributed by atoms with Gasteiger partial charge in [0.05, 0.1) is 16.8 Å². The van der Waals surface area contributed by atoms with Crippen molar-refractivity contribution in [2.75, 3.05) is 0 Å². The molecular formula is C26H20N4O2. The maximum atomic E-state index is 13.1. The number of carbonyl (C=O) groups is 1. The SMILES string of the molecule is O=C(NCc1ccc(-c2ncc[nH]2)cc1)c1cc(-c2cccc(O)c2)nc2ccccc12. The summed E-state index contributed by atoms with van der Waals surface area (Å²) in [6, 6.07) is 24.1. The quantitative estimate of drug-likeness (QED) is 0.376. The van der Waals surface area contributed by atoms with Crippen molar-refractivity contribution < 1.29 is 9.90 Å². The van der Waals surface area contributed by atoms with Gasteiger partial charge < -0.3 is 15.4 Å². The van der Waals surface area contributed by atoms with Gasteiger partial charge in [-0.2, -0.15) is 0 Å². The summed E-state index contributed by atoms with van der Waals surface area (Å²) in [7, 11) is 0. The van der Waals surface area contributed by atoms with Gasteiger partial charge in [-0.05, 0) is 29.8 Å². The van der Waals surface area contributed by atoms with Crippen LogP contribution in [0.15, 0.2) is 91.3 Å². The minimum Gasteiger partial charge on any atom is -0.508 e. The number of amides is 1. The Labute approximate surface area is 184 Å². The minimum absolute atomic E-state index is 0.154. The Bertz CT molecular complexity index is 1390. The molecule has 5 rings (SSSR count). The lowest BCUT2D eigenvalue weighted by atomic mass is 10.0. The third-order valence-corrected chi connectivity index (χ3v) is 5.28. The van der Waals surface area contributed by atoms with E-state index in [1.807, 2.05) is 54.6 Å². The van der Waals surface area contributed by atoms with E-state index < -0.39 is 0 Å². The van der Waals surface area contributed by atoms with E-state index in [-0.39, 0.29) is 11.7 Å². The molecule has 156 valence electrons. The lowest BCUT2D eigenvalue weighted by molar-refractivity contribution is 0.0952.